The van der Waals surface area contributed by atoms with Gasteiger partial charge in [-0.05, 0) is 32.5 Å². The van der Waals surface area contributed by atoms with Crippen LogP contribution in [-0.2, 0) is 6.42 Å². The van der Waals surface area contributed by atoms with E-state index in [1.54, 1.807) is 0 Å². The Hall–Kier alpha value is -1.43. The van der Waals surface area contributed by atoms with Crippen molar-refractivity contribution in [1.82, 2.24) is 24.5 Å². The summed E-state index contributed by atoms with van der Waals surface area (Å²) < 4.78 is 4.49. The predicted molar refractivity (Wildman–Crippen MR) is 68.9 cm³/mol. The van der Waals surface area contributed by atoms with E-state index in [9.17, 15) is 0 Å². The van der Waals surface area contributed by atoms with Crippen molar-refractivity contribution in [1.29, 1.82) is 0 Å². The van der Waals surface area contributed by atoms with Gasteiger partial charge in [-0.25, -0.2) is 0 Å². The molecular weight excluding hydrogens is 234 g/mol. The Bertz CT molecular complexity index is 548. The van der Waals surface area contributed by atoms with Crippen molar-refractivity contribution < 1.29 is 0 Å². The van der Waals surface area contributed by atoms with Crippen molar-refractivity contribution in [3.05, 3.63) is 23.0 Å². The van der Waals surface area contributed by atoms with E-state index >= 15 is 0 Å². The summed E-state index contributed by atoms with van der Waals surface area (Å²) in [6.45, 7) is 6.32. The highest BCUT2D eigenvalue weighted by Gasteiger charge is 2.10. The molecule has 6 heteroatoms. The predicted octanol–water partition coefficient (Wildman–Crippen LogP) is 2.66. The lowest BCUT2D eigenvalue weighted by atomic mass is 10.3. The van der Waals surface area contributed by atoms with Crippen LogP contribution in [0.4, 0.5) is 0 Å². The van der Waals surface area contributed by atoms with Crippen molar-refractivity contribution in [3.63, 3.8) is 0 Å². The van der Waals surface area contributed by atoms with Gasteiger partial charge in [0.05, 0.1) is 11.9 Å². The van der Waals surface area contributed by atoms with E-state index in [0.717, 1.165) is 24.4 Å². The van der Waals surface area contributed by atoms with Crippen LogP contribution < -0.4 is 0 Å². The zero-order valence-electron chi connectivity index (χ0n) is 10.3. The van der Waals surface area contributed by atoms with Crippen molar-refractivity contribution >= 4 is 12.2 Å². The number of aromatic nitrogens is 5. The van der Waals surface area contributed by atoms with Gasteiger partial charge in [0.2, 0.25) is 0 Å². The number of aryl methyl sites for hydroxylation is 1. The van der Waals surface area contributed by atoms with Crippen LogP contribution >= 0.6 is 12.2 Å². The average molecular weight is 251 g/mol. The van der Waals surface area contributed by atoms with Crippen molar-refractivity contribution in [2.75, 3.05) is 0 Å². The molecule has 0 saturated carbocycles. The van der Waals surface area contributed by atoms with Crippen LogP contribution in [0.1, 0.15) is 39.1 Å². The van der Waals surface area contributed by atoms with E-state index in [2.05, 4.69) is 36.1 Å². The van der Waals surface area contributed by atoms with Gasteiger partial charge in [0, 0.05) is 18.7 Å². The van der Waals surface area contributed by atoms with E-state index in [4.69, 9.17) is 12.2 Å². The van der Waals surface area contributed by atoms with Crippen LogP contribution in [0.5, 0.6) is 0 Å². The fraction of sp³-hybridized carbons (Fsp3) is 0.545. The maximum Gasteiger partial charge on any atom is 0.199 e. The molecule has 0 saturated heterocycles. The molecule has 0 radical (unpaired) electrons. The summed E-state index contributed by atoms with van der Waals surface area (Å²) in [5.41, 5.74) is 0.973. The van der Waals surface area contributed by atoms with E-state index < -0.39 is 0 Å². The molecule has 5 nitrogen and oxygen atoms in total. The second-order valence-electron chi connectivity index (χ2n) is 4.30. The first kappa shape index (κ1) is 12.0. The lowest BCUT2D eigenvalue weighted by Crippen LogP contribution is -2.02. The second-order valence-corrected chi connectivity index (χ2v) is 4.69. The van der Waals surface area contributed by atoms with Crippen LogP contribution in [0.2, 0.25) is 0 Å². The summed E-state index contributed by atoms with van der Waals surface area (Å²) in [4.78, 5) is 0. The third-order valence-electron chi connectivity index (χ3n) is 2.59. The minimum Gasteiger partial charge on any atom is -0.269 e. The summed E-state index contributed by atoms with van der Waals surface area (Å²) in [6.07, 6.45) is 5.76. The minimum absolute atomic E-state index is 0.347. The Morgan fingerprint density at radius 3 is 2.82 bits per heavy atom. The van der Waals surface area contributed by atoms with Gasteiger partial charge in [-0.15, -0.1) is 0 Å². The highest BCUT2D eigenvalue weighted by Crippen LogP contribution is 2.13. The molecule has 0 amide bonds. The number of hydrogen-bond acceptors (Lipinski definition) is 3. The van der Waals surface area contributed by atoms with Gasteiger partial charge >= 0.3 is 0 Å². The average Bonchev–Trinajstić information content (AvgIpc) is 2.86. The molecule has 92 valence electrons. The fourth-order valence-electron chi connectivity index (χ4n) is 1.71. The number of rotatable bonds is 4. The van der Waals surface area contributed by atoms with E-state index in [1.165, 1.54) is 0 Å². The molecule has 17 heavy (non-hydrogen) atoms. The molecule has 0 aliphatic heterocycles. The van der Waals surface area contributed by atoms with Gasteiger partial charge in [0.25, 0.3) is 0 Å². The standard InChI is InChI=1S/C11H17N5S/c1-4-5-10-13-14-11(17)16(10)9-6-12-15(7-9)8(2)3/h6-8H,4-5H2,1-3H3,(H,14,17). The smallest absolute Gasteiger partial charge is 0.199 e. The summed E-state index contributed by atoms with van der Waals surface area (Å²) >= 11 is 5.25. The van der Waals surface area contributed by atoms with Crippen LogP contribution in [0.15, 0.2) is 12.4 Å². The molecule has 0 fully saturated rings. The Morgan fingerprint density at radius 1 is 1.47 bits per heavy atom. The Labute approximate surface area is 105 Å². The summed E-state index contributed by atoms with van der Waals surface area (Å²) in [5.74, 6) is 0.959. The molecule has 2 aromatic heterocycles. The number of nitrogens with one attached hydrogen (secondary N) is 1. The number of nitrogens with zero attached hydrogens (tertiary/aromatic N) is 4. The molecule has 0 spiro atoms. The highest BCUT2D eigenvalue weighted by atomic mass is 32.1. The third-order valence-corrected chi connectivity index (χ3v) is 2.86. The molecule has 0 bridgehead atoms. The first-order chi connectivity index (χ1) is 8.13. The zero-order chi connectivity index (χ0) is 12.4. The normalized spacial score (nSPS) is 11.3. The van der Waals surface area contributed by atoms with Gasteiger partial charge < -0.3 is 0 Å². The first-order valence-electron chi connectivity index (χ1n) is 5.84. The van der Waals surface area contributed by atoms with E-state index in [0.29, 0.717) is 10.8 Å². The monoisotopic (exact) mass is 251 g/mol. The van der Waals surface area contributed by atoms with Gasteiger partial charge in [-0.1, -0.05) is 6.92 Å². The molecule has 2 rings (SSSR count). The maximum absolute atomic E-state index is 5.25. The molecular formula is C11H17N5S. The summed E-state index contributed by atoms with van der Waals surface area (Å²) in [6, 6.07) is 0.347. The van der Waals surface area contributed by atoms with Crippen molar-refractivity contribution in [2.45, 2.75) is 39.7 Å². The second kappa shape index (κ2) is 4.83. The van der Waals surface area contributed by atoms with Crippen LogP contribution in [0.25, 0.3) is 5.69 Å². The Morgan fingerprint density at radius 2 is 2.24 bits per heavy atom. The third kappa shape index (κ3) is 2.31. The minimum atomic E-state index is 0.347. The van der Waals surface area contributed by atoms with Crippen LogP contribution in [0.3, 0.4) is 0 Å². The number of H-pyrrole nitrogens is 1. The van der Waals surface area contributed by atoms with Gasteiger partial charge in [-0.3, -0.25) is 14.3 Å². The number of hydrogen-bond donors (Lipinski definition) is 1. The largest absolute Gasteiger partial charge is 0.269 e. The molecule has 1 N–H and O–H groups in total. The molecule has 0 aliphatic rings. The van der Waals surface area contributed by atoms with Crippen LogP contribution in [-0.4, -0.2) is 24.5 Å². The van der Waals surface area contributed by atoms with Gasteiger partial charge in [0.15, 0.2) is 4.77 Å². The molecule has 0 aliphatic carbocycles. The van der Waals surface area contributed by atoms with Gasteiger partial charge in [-0.2, -0.15) is 10.2 Å². The first-order valence-corrected chi connectivity index (χ1v) is 6.25. The zero-order valence-corrected chi connectivity index (χ0v) is 11.2. The fourth-order valence-corrected chi connectivity index (χ4v) is 1.97. The molecule has 0 aromatic carbocycles. The van der Waals surface area contributed by atoms with Crippen molar-refractivity contribution in [2.24, 2.45) is 0 Å². The lowest BCUT2D eigenvalue weighted by molar-refractivity contribution is 0.532. The topological polar surface area (TPSA) is 51.4 Å². The summed E-state index contributed by atoms with van der Waals surface area (Å²) in [7, 11) is 0. The van der Waals surface area contributed by atoms with Gasteiger partial charge in [0.1, 0.15) is 5.82 Å². The summed E-state index contributed by atoms with van der Waals surface area (Å²) in [5, 5.41) is 11.4. The highest BCUT2D eigenvalue weighted by molar-refractivity contribution is 7.71. The van der Waals surface area contributed by atoms with Crippen molar-refractivity contribution in [3.8, 4) is 5.69 Å². The quantitative estimate of drug-likeness (QED) is 0.850. The molecule has 0 unspecified atom stereocenters. The molecule has 2 aromatic rings. The Kier molecular flexibility index (Phi) is 3.42. The molecule has 2 heterocycles. The molecule has 0 atom stereocenters. The van der Waals surface area contributed by atoms with Crippen LogP contribution in [0, 0.1) is 4.77 Å². The number of aromatic amines is 1. The van der Waals surface area contributed by atoms with E-state index in [1.807, 2.05) is 21.6 Å². The lowest BCUT2D eigenvalue weighted by Gasteiger charge is -2.04. The SMILES string of the molecule is CCCc1n[nH]c(=S)n1-c1cnn(C(C)C)c1. The van der Waals surface area contributed by atoms with E-state index in [-0.39, 0.29) is 0 Å². The maximum atomic E-state index is 5.25. The Balaban J connectivity index is 2.44.